The summed E-state index contributed by atoms with van der Waals surface area (Å²) < 4.78 is 22.0. The number of alkyl halides is 1. The molecule has 0 saturated carbocycles. The monoisotopic (exact) mass is 386 g/mol. The molecule has 1 aromatic carbocycles. The predicted molar refractivity (Wildman–Crippen MR) is 115 cm³/mol. The third-order valence-corrected chi connectivity index (χ3v) is 6.62. The van der Waals surface area contributed by atoms with Crippen LogP contribution in [-0.2, 0) is 10.3 Å². The lowest BCUT2D eigenvalue weighted by atomic mass is 9.86. The second-order valence-electron chi connectivity index (χ2n) is 9.64. The normalized spacial score (nSPS) is 30.7. The summed E-state index contributed by atoms with van der Waals surface area (Å²) in [5, 5.41) is 0. The van der Waals surface area contributed by atoms with Crippen molar-refractivity contribution >= 4 is 0 Å². The average Bonchev–Trinajstić information content (AvgIpc) is 2.67. The van der Waals surface area contributed by atoms with Crippen molar-refractivity contribution in [1.82, 2.24) is 0 Å². The van der Waals surface area contributed by atoms with Gasteiger partial charge in [-0.25, -0.2) is 4.39 Å². The Bertz CT molecular complexity index is 680. The van der Waals surface area contributed by atoms with Gasteiger partial charge in [0.15, 0.2) is 5.67 Å². The summed E-state index contributed by atoms with van der Waals surface area (Å²) in [6.07, 6.45) is 11.7. The van der Waals surface area contributed by atoms with E-state index in [0.29, 0.717) is 18.5 Å². The molecule has 0 N–H and O–H groups in total. The lowest BCUT2D eigenvalue weighted by molar-refractivity contribution is -0.957. The van der Waals surface area contributed by atoms with Gasteiger partial charge in [-0.3, -0.25) is 0 Å². The topological polar surface area (TPSA) is 9.23 Å². The number of ether oxygens (including phenoxy) is 1. The molecule has 1 aromatic rings. The van der Waals surface area contributed by atoms with E-state index in [9.17, 15) is 4.39 Å². The van der Waals surface area contributed by atoms with Gasteiger partial charge in [0.25, 0.3) is 0 Å². The highest BCUT2D eigenvalue weighted by Gasteiger charge is 2.41. The molecule has 1 unspecified atom stereocenters. The molecule has 3 rings (SSSR count). The van der Waals surface area contributed by atoms with Gasteiger partial charge in [-0.1, -0.05) is 48.6 Å². The van der Waals surface area contributed by atoms with Gasteiger partial charge < -0.3 is 9.22 Å². The van der Waals surface area contributed by atoms with Crippen LogP contribution < -0.4 is 0 Å². The largest absolute Gasteiger partial charge is 0.366 e. The summed E-state index contributed by atoms with van der Waals surface area (Å²) >= 11 is 0. The van der Waals surface area contributed by atoms with Gasteiger partial charge in [0.05, 0.1) is 25.7 Å². The van der Waals surface area contributed by atoms with Gasteiger partial charge in [-0.2, -0.15) is 0 Å². The average molecular weight is 387 g/mol. The van der Waals surface area contributed by atoms with Gasteiger partial charge in [0.2, 0.25) is 0 Å². The summed E-state index contributed by atoms with van der Waals surface area (Å²) in [4.78, 5) is 0. The van der Waals surface area contributed by atoms with E-state index < -0.39 is 5.67 Å². The highest BCUT2D eigenvalue weighted by atomic mass is 19.1. The number of hydrogen-bond acceptors (Lipinski definition) is 1. The lowest BCUT2D eigenvalue weighted by Crippen LogP contribution is -2.61. The Morgan fingerprint density at radius 2 is 1.82 bits per heavy atom. The Morgan fingerprint density at radius 3 is 2.36 bits per heavy atom. The Balaban J connectivity index is 1.64. The van der Waals surface area contributed by atoms with Crippen molar-refractivity contribution in [3.63, 3.8) is 0 Å². The molecule has 1 atom stereocenters. The quantitative estimate of drug-likeness (QED) is 0.538. The second kappa shape index (κ2) is 8.51. The minimum absolute atomic E-state index is 0.349. The molecule has 154 valence electrons. The zero-order valence-electron chi connectivity index (χ0n) is 18.0. The molecule has 0 amide bonds. The van der Waals surface area contributed by atoms with Crippen LogP contribution in [0, 0.1) is 5.92 Å². The molecule has 0 aromatic heterocycles. The number of quaternary nitrogens is 1. The molecule has 3 heteroatoms. The van der Waals surface area contributed by atoms with Crippen molar-refractivity contribution < 1.29 is 13.6 Å². The molecule has 2 nitrogen and oxygen atoms in total. The maximum atomic E-state index is 14.5. The van der Waals surface area contributed by atoms with Crippen LogP contribution in [0.5, 0.6) is 0 Å². The van der Waals surface area contributed by atoms with Gasteiger partial charge >= 0.3 is 0 Å². The summed E-state index contributed by atoms with van der Waals surface area (Å²) in [6, 6.07) is 11.0. The summed E-state index contributed by atoms with van der Waals surface area (Å²) in [5.41, 5.74) is -0.249. The van der Waals surface area contributed by atoms with Crippen LogP contribution in [0.2, 0.25) is 0 Å². The van der Waals surface area contributed by atoms with Gasteiger partial charge in [-0.05, 0) is 45.3 Å². The van der Waals surface area contributed by atoms with Gasteiger partial charge in [0.1, 0.15) is 12.1 Å². The van der Waals surface area contributed by atoms with E-state index in [1.807, 2.05) is 0 Å². The fourth-order valence-corrected chi connectivity index (χ4v) is 4.90. The summed E-state index contributed by atoms with van der Waals surface area (Å²) in [5.74, 6) is 0.549. The minimum atomic E-state index is -1.12. The Hall–Kier alpha value is -1.45. The molecular weight excluding hydrogens is 349 g/mol. The first kappa shape index (κ1) is 21.3. The number of rotatable bonds is 7. The summed E-state index contributed by atoms with van der Waals surface area (Å²) in [6.45, 7) is 11.4. The maximum Gasteiger partial charge on any atom is 0.153 e. The minimum Gasteiger partial charge on any atom is -0.366 e. The Labute approximate surface area is 170 Å². The first-order valence-corrected chi connectivity index (χ1v) is 10.8. The van der Waals surface area contributed by atoms with Crippen LogP contribution in [0.1, 0.15) is 52.5 Å². The highest BCUT2D eigenvalue weighted by molar-refractivity contribution is 5.32. The van der Waals surface area contributed by atoms with E-state index in [2.05, 4.69) is 68.5 Å². The van der Waals surface area contributed by atoms with Crippen LogP contribution in [0.25, 0.3) is 0 Å². The molecule has 0 bridgehead atoms. The number of halogens is 1. The summed E-state index contributed by atoms with van der Waals surface area (Å²) in [7, 11) is 0. The van der Waals surface area contributed by atoms with Crippen LogP contribution in [0.3, 0.4) is 0 Å². The fourth-order valence-electron chi connectivity index (χ4n) is 4.90. The number of allylic oxidation sites excluding steroid dienone is 2. The van der Waals surface area contributed by atoms with E-state index in [1.54, 1.807) is 13.8 Å². The molecular formula is C25H37FNO+. The van der Waals surface area contributed by atoms with E-state index in [-0.39, 0.29) is 5.60 Å². The number of likely N-dealkylation sites (tertiary alicyclic amines) is 1. The molecule has 1 saturated heterocycles. The Morgan fingerprint density at radius 1 is 1.14 bits per heavy atom. The van der Waals surface area contributed by atoms with Crippen molar-refractivity contribution in [2.45, 2.75) is 64.3 Å². The predicted octanol–water partition coefficient (Wildman–Crippen LogP) is 5.80. The SMILES string of the molecule is CC(C)[N+]1(CC(C)(C)F)CCC(COC2(c3ccccc3)C=CC=CC2)CC1. The van der Waals surface area contributed by atoms with E-state index in [4.69, 9.17) is 4.74 Å². The first-order chi connectivity index (χ1) is 13.2. The highest BCUT2D eigenvalue weighted by Crippen LogP contribution is 2.36. The van der Waals surface area contributed by atoms with Gasteiger partial charge in [0, 0.05) is 19.3 Å². The fraction of sp³-hybridized carbons (Fsp3) is 0.600. The molecule has 1 heterocycles. The van der Waals surface area contributed by atoms with Crippen molar-refractivity contribution in [3.8, 4) is 0 Å². The van der Waals surface area contributed by atoms with Crippen molar-refractivity contribution in [2.24, 2.45) is 5.92 Å². The molecule has 1 fully saturated rings. The number of nitrogens with zero attached hydrogens (tertiary/aromatic N) is 1. The van der Waals surface area contributed by atoms with E-state index in [0.717, 1.165) is 43.4 Å². The maximum absolute atomic E-state index is 14.5. The molecule has 0 spiro atoms. The third-order valence-electron chi connectivity index (χ3n) is 6.62. The second-order valence-corrected chi connectivity index (χ2v) is 9.64. The van der Waals surface area contributed by atoms with E-state index >= 15 is 0 Å². The zero-order valence-corrected chi connectivity index (χ0v) is 18.0. The third kappa shape index (κ3) is 4.93. The van der Waals surface area contributed by atoms with Crippen LogP contribution >= 0.6 is 0 Å². The van der Waals surface area contributed by atoms with Crippen LogP contribution in [0.15, 0.2) is 54.6 Å². The molecule has 2 aliphatic rings. The Kier molecular flexibility index (Phi) is 6.46. The van der Waals surface area contributed by atoms with Crippen molar-refractivity contribution in [1.29, 1.82) is 0 Å². The van der Waals surface area contributed by atoms with Crippen molar-refractivity contribution in [3.05, 3.63) is 60.2 Å². The standard InChI is InChI=1S/C25H37FNO/c1-21(2)27(20-24(3,4)26)17-13-22(14-18-27)19-28-25(15-9-6-10-16-25)23-11-7-5-8-12-23/h5-12,15,21-22H,13-14,16-20H2,1-4H3/q+1. The molecule has 0 radical (unpaired) electrons. The lowest BCUT2D eigenvalue weighted by Gasteiger charge is -2.49. The zero-order chi connectivity index (χ0) is 20.3. The van der Waals surface area contributed by atoms with Crippen LogP contribution in [-0.4, -0.2) is 42.4 Å². The number of benzene rings is 1. The molecule has 1 aliphatic heterocycles. The molecule has 28 heavy (non-hydrogen) atoms. The first-order valence-electron chi connectivity index (χ1n) is 10.8. The van der Waals surface area contributed by atoms with Gasteiger partial charge in [-0.15, -0.1) is 0 Å². The number of hydrogen-bond donors (Lipinski definition) is 0. The molecule has 1 aliphatic carbocycles. The van der Waals surface area contributed by atoms with E-state index in [1.165, 1.54) is 5.56 Å². The van der Waals surface area contributed by atoms with Crippen molar-refractivity contribution in [2.75, 3.05) is 26.2 Å². The van der Waals surface area contributed by atoms with Crippen LogP contribution in [0.4, 0.5) is 4.39 Å². The number of piperidine rings is 1. The smallest absolute Gasteiger partial charge is 0.153 e.